The van der Waals surface area contributed by atoms with Crippen molar-refractivity contribution in [2.45, 2.75) is 19.6 Å². The third kappa shape index (κ3) is 4.33. The van der Waals surface area contributed by atoms with E-state index in [0.29, 0.717) is 17.2 Å². The Morgan fingerprint density at radius 3 is 2.66 bits per heavy atom. The lowest BCUT2D eigenvalue weighted by Gasteiger charge is -2.15. The van der Waals surface area contributed by atoms with Crippen molar-refractivity contribution in [1.82, 2.24) is 14.4 Å². The van der Waals surface area contributed by atoms with Crippen LogP contribution in [0.25, 0.3) is 16.7 Å². The summed E-state index contributed by atoms with van der Waals surface area (Å²) in [6.45, 7) is 1.71. The monoisotopic (exact) mass is 484 g/mol. The molecule has 0 saturated heterocycles. The lowest BCUT2D eigenvalue weighted by Crippen LogP contribution is -2.11. The highest BCUT2D eigenvalue weighted by Gasteiger charge is 2.32. The number of imidazole rings is 1. The second-order valence-electron chi connectivity index (χ2n) is 6.16. The highest BCUT2D eigenvalue weighted by Crippen LogP contribution is 2.33. The number of fused-ring (bicyclic) bond motifs is 3. The van der Waals surface area contributed by atoms with Crippen LogP contribution < -0.4 is 5.32 Å². The normalized spacial score (nSPS) is 11.4. The van der Waals surface area contributed by atoms with E-state index in [1.165, 1.54) is 19.4 Å². The zero-order valence-corrected chi connectivity index (χ0v) is 17.9. The fourth-order valence-corrected chi connectivity index (χ4v) is 3.49. The lowest BCUT2D eigenvalue weighted by molar-refractivity contribution is -0.138. The van der Waals surface area contributed by atoms with Crippen LogP contribution in [0, 0.1) is 6.92 Å². The smallest absolute Gasteiger partial charge is 0.365 e. The van der Waals surface area contributed by atoms with Gasteiger partial charge in [-0.1, -0.05) is 28.1 Å². The predicted octanol–water partition coefficient (Wildman–Crippen LogP) is 6.44. The average molecular weight is 486 g/mol. The summed E-state index contributed by atoms with van der Waals surface area (Å²) in [4.78, 5) is 8.74. The van der Waals surface area contributed by atoms with Crippen LogP contribution in [0.5, 0.6) is 0 Å². The molecule has 0 radical (unpaired) electrons. The average Bonchev–Trinajstić information content (AvgIpc) is 3.16. The van der Waals surface area contributed by atoms with Crippen molar-refractivity contribution in [3.63, 3.8) is 0 Å². The molecule has 0 aliphatic carbocycles. The molecular weight excluding hydrogens is 469 g/mol. The number of rotatable bonds is 3. The van der Waals surface area contributed by atoms with Crippen LogP contribution in [0.2, 0.25) is 0 Å². The fraction of sp³-hybridized carbons (Fsp3) is 0.200. The van der Waals surface area contributed by atoms with Crippen LogP contribution in [0.4, 0.5) is 19.0 Å². The first kappa shape index (κ1) is 21.4. The molecule has 2 heterocycles. The SMILES string of the molecule is CCl.Cc1c(CNc2nc3nccn3c3ccc(Br)cc23)cccc1C(F)(F)F. The van der Waals surface area contributed by atoms with E-state index in [1.807, 2.05) is 28.8 Å². The second-order valence-corrected chi connectivity index (χ2v) is 7.08. The fourth-order valence-electron chi connectivity index (χ4n) is 3.13. The minimum Gasteiger partial charge on any atom is -0.365 e. The van der Waals surface area contributed by atoms with Gasteiger partial charge in [0.05, 0.1) is 11.1 Å². The first-order chi connectivity index (χ1) is 13.8. The first-order valence-electron chi connectivity index (χ1n) is 8.54. The molecule has 1 N–H and O–H groups in total. The summed E-state index contributed by atoms with van der Waals surface area (Å²) in [7, 11) is 0. The van der Waals surface area contributed by atoms with Gasteiger partial charge in [-0.15, -0.1) is 11.6 Å². The molecule has 0 bridgehead atoms. The molecular formula is C20H17BrClF3N4. The van der Waals surface area contributed by atoms with Crippen molar-refractivity contribution < 1.29 is 13.2 Å². The zero-order chi connectivity index (χ0) is 21.2. The zero-order valence-electron chi connectivity index (χ0n) is 15.6. The van der Waals surface area contributed by atoms with Crippen molar-refractivity contribution in [3.8, 4) is 0 Å². The summed E-state index contributed by atoms with van der Waals surface area (Å²) < 4.78 is 42.2. The van der Waals surface area contributed by atoms with Crippen LogP contribution in [-0.4, -0.2) is 20.8 Å². The van der Waals surface area contributed by atoms with E-state index < -0.39 is 11.7 Å². The number of alkyl halides is 4. The Morgan fingerprint density at radius 1 is 1.17 bits per heavy atom. The number of aromatic nitrogens is 3. The third-order valence-corrected chi connectivity index (χ3v) is 5.00. The highest BCUT2D eigenvalue weighted by molar-refractivity contribution is 9.10. The molecule has 0 aliphatic heterocycles. The Labute approximate surface area is 178 Å². The third-order valence-electron chi connectivity index (χ3n) is 4.50. The van der Waals surface area contributed by atoms with Crippen molar-refractivity contribution >= 4 is 50.0 Å². The van der Waals surface area contributed by atoms with Crippen molar-refractivity contribution in [2.75, 3.05) is 11.7 Å². The topological polar surface area (TPSA) is 42.2 Å². The standard InChI is InChI=1S/C19H14BrF3N4.CH3Cl/c1-11-12(3-2-4-15(11)19(21,22)23)10-25-17-14-9-13(20)5-6-16(14)27-8-7-24-18(27)26-17;1-2/h2-9H,10H2,1H3,(H,24,25,26);1H3. The largest absolute Gasteiger partial charge is 0.416 e. The molecule has 0 aliphatic rings. The molecule has 4 nitrogen and oxygen atoms in total. The maximum atomic E-state index is 13.1. The molecule has 152 valence electrons. The molecule has 0 fully saturated rings. The van der Waals surface area contributed by atoms with E-state index in [0.717, 1.165) is 21.4 Å². The van der Waals surface area contributed by atoms with Crippen LogP contribution in [0.1, 0.15) is 16.7 Å². The van der Waals surface area contributed by atoms with E-state index in [4.69, 9.17) is 0 Å². The second kappa shape index (κ2) is 8.59. The van der Waals surface area contributed by atoms with Gasteiger partial charge in [0.1, 0.15) is 5.82 Å². The molecule has 0 saturated carbocycles. The van der Waals surface area contributed by atoms with Crippen LogP contribution in [0.15, 0.2) is 53.3 Å². The van der Waals surface area contributed by atoms with Gasteiger partial charge in [0.25, 0.3) is 0 Å². The maximum Gasteiger partial charge on any atom is 0.416 e. The van der Waals surface area contributed by atoms with Gasteiger partial charge in [-0.05, 0) is 42.3 Å². The molecule has 2 aromatic heterocycles. The highest BCUT2D eigenvalue weighted by atomic mass is 79.9. The van der Waals surface area contributed by atoms with Gasteiger partial charge in [-0.2, -0.15) is 18.2 Å². The van der Waals surface area contributed by atoms with Crippen LogP contribution in [0.3, 0.4) is 0 Å². The molecule has 4 aromatic rings. The van der Waals surface area contributed by atoms with Crippen molar-refractivity contribution in [3.05, 3.63) is 70.0 Å². The Morgan fingerprint density at radius 2 is 1.93 bits per heavy atom. The van der Waals surface area contributed by atoms with E-state index in [9.17, 15) is 13.2 Å². The number of nitrogens with one attached hydrogen (secondary N) is 1. The van der Waals surface area contributed by atoms with Gasteiger partial charge in [0, 0.05) is 35.2 Å². The summed E-state index contributed by atoms with van der Waals surface area (Å²) in [5.74, 6) is 1.09. The molecule has 0 amide bonds. The summed E-state index contributed by atoms with van der Waals surface area (Å²) in [6, 6.07) is 9.98. The molecule has 0 atom stereocenters. The maximum absolute atomic E-state index is 13.1. The summed E-state index contributed by atoms with van der Waals surface area (Å²) in [5, 5.41) is 4.03. The van der Waals surface area contributed by atoms with Gasteiger partial charge >= 0.3 is 6.18 Å². The van der Waals surface area contributed by atoms with E-state index >= 15 is 0 Å². The van der Waals surface area contributed by atoms with Crippen molar-refractivity contribution in [1.29, 1.82) is 0 Å². The van der Waals surface area contributed by atoms with Gasteiger partial charge in [-0.25, -0.2) is 4.98 Å². The summed E-state index contributed by atoms with van der Waals surface area (Å²) >= 11 is 8.09. The van der Waals surface area contributed by atoms with E-state index in [2.05, 4.69) is 42.8 Å². The van der Waals surface area contributed by atoms with Gasteiger partial charge in [0.15, 0.2) is 0 Å². The Bertz CT molecular complexity index is 1160. The molecule has 0 unspecified atom stereocenters. The van der Waals surface area contributed by atoms with Crippen molar-refractivity contribution in [2.24, 2.45) is 0 Å². The van der Waals surface area contributed by atoms with Crippen LogP contribution in [-0.2, 0) is 12.7 Å². The molecule has 0 spiro atoms. The summed E-state index contributed by atoms with van der Waals surface area (Å²) in [5.41, 5.74) is 1.07. The quantitative estimate of drug-likeness (QED) is 0.340. The number of halogens is 5. The van der Waals surface area contributed by atoms with E-state index in [1.54, 1.807) is 12.3 Å². The van der Waals surface area contributed by atoms with E-state index in [-0.39, 0.29) is 12.1 Å². The predicted molar refractivity (Wildman–Crippen MR) is 113 cm³/mol. The minimum atomic E-state index is -4.37. The van der Waals surface area contributed by atoms with Crippen LogP contribution >= 0.6 is 27.5 Å². The van der Waals surface area contributed by atoms with Gasteiger partial charge < -0.3 is 5.32 Å². The number of hydrogen-bond acceptors (Lipinski definition) is 3. The molecule has 9 heteroatoms. The lowest BCUT2D eigenvalue weighted by atomic mass is 10.0. The number of anilines is 1. The summed E-state index contributed by atoms with van der Waals surface area (Å²) in [6.07, 6.45) is 0.578. The van der Waals surface area contributed by atoms with Gasteiger partial charge in [-0.3, -0.25) is 4.40 Å². The number of hydrogen-bond donors (Lipinski definition) is 1. The Balaban J connectivity index is 0.00000117. The Hall–Kier alpha value is -2.32. The molecule has 2 aromatic carbocycles. The minimum absolute atomic E-state index is 0.213. The first-order valence-corrected chi connectivity index (χ1v) is 10.1. The molecule has 4 rings (SSSR count). The Kier molecular flexibility index (Phi) is 6.33. The number of nitrogens with zero attached hydrogens (tertiary/aromatic N) is 3. The molecule has 29 heavy (non-hydrogen) atoms. The number of benzene rings is 2. The van der Waals surface area contributed by atoms with Gasteiger partial charge in [0.2, 0.25) is 5.78 Å².